The van der Waals surface area contributed by atoms with Gasteiger partial charge in [-0.15, -0.1) is 0 Å². The van der Waals surface area contributed by atoms with Crippen LogP contribution < -0.4 is 9.64 Å². The second-order valence-corrected chi connectivity index (χ2v) is 4.07. The molecule has 0 N–H and O–H groups in total. The molecule has 0 amide bonds. The van der Waals surface area contributed by atoms with E-state index in [9.17, 15) is 0 Å². The summed E-state index contributed by atoms with van der Waals surface area (Å²) in [5, 5.41) is 0. The van der Waals surface area contributed by atoms with E-state index in [1.807, 2.05) is 12.1 Å². The molecule has 1 heterocycles. The molecular weight excluding hydrogens is 186 g/mol. The summed E-state index contributed by atoms with van der Waals surface area (Å²) in [6.45, 7) is 4.58. The van der Waals surface area contributed by atoms with Gasteiger partial charge < -0.3 is 9.64 Å². The number of ether oxygens (including phenoxy) is 1. The summed E-state index contributed by atoms with van der Waals surface area (Å²) in [5.41, 5.74) is 1.27. The average molecular weight is 204 g/mol. The molecule has 1 fully saturated rings. The third kappa shape index (κ3) is 2.25. The van der Waals surface area contributed by atoms with E-state index in [1.54, 1.807) is 7.11 Å². The highest BCUT2D eigenvalue weighted by Gasteiger charge is 2.18. The van der Waals surface area contributed by atoms with E-state index >= 15 is 0 Å². The SMILES string of the molecule is COc1ccc(N2[CH]CCC[C@@H]2C)cc1. The summed E-state index contributed by atoms with van der Waals surface area (Å²) in [6, 6.07) is 8.90. The van der Waals surface area contributed by atoms with Crippen molar-refractivity contribution in [2.24, 2.45) is 0 Å². The Balaban J connectivity index is 2.13. The smallest absolute Gasteiger partial charge is 0.119 e. The lowest BCUT2D eigenvalue weighted by Gasteiger charge is -2.34. The van der Waals surface area contributed by atoms with Gasteiger partial charge >= 0.3 is 0 Å². The molecule has 1 saturated heterocycles. The molecule has 2 nitrogen and oxygen atoms in total. The predicted octanol–water partition coefficient (Wildman–Crippen LogP) is 3.24. The lowest BCUT2D eigenvalue weighted by atomic mass is 10.0. The summed E-state index contributed by atoms with van der Waals surface area (Å²) in [5.74, 6) is 0.920. The van der Waals surface area contributed by atoms with Crippen LogP contribution in [0, 0.1) is 6.54 Å². The van der Waals surface area contributed by atoms with Crippen molar-refractivity contribution in [3.05, 3.63) is 30.8 Å². The predicted molar refractivity (Wildman–Crippen MR) is 63.1 cm³/mol. The molecule has 81 valence electrons. The third-order valence-electron chi connectivity index (χ3n) is 3.00. The van der Waals surface area contributed by atoms with Gasteiger partial charge in [-0.3, -0.25) is 0 Å². The van der Waals surface area contributed by atoms with Gasteiger partial charge in [0.1, 0.15) is 5.75 Å². The topological polar surface area (TPSA) is 12.5 Å². The molecule has 0 unspecified atom stereocenters. The summed E-state index contributed by atoms with van der Waals surface area (Å²) in [7, 11) is 1.70. The van der Waals surface area contributed by atoms with Crippen molar-refractivity contribution in [3.8, 4) is 5.75 Å². The summed E-state index contributed by atoms with van der Waals surface area (Å²) in [6.07, 6.45) is 3.78. The van der Waals surface area contributed by atoms with Crippen molar-refractivity contribution in [1.29, 1.82) is 0 Å². The third-order valence-corrected chi connectivity index (χ3v) is 3.00. The van der Waals surface area contributed by atoms with Gasteiger partial charge in [0.05, 0.1) is 7.11 Å². The van der Waals surface area contributed by atoms with Crippen LogP contribution in [0.5, 0.6) is 5.75 Å². The molecule has 2 rings (SSSR count). The van der Waals surface area contributed by atoms with E-state index < -0.39 is 0 Å². The van der Waals surface area contributed by atoms with Crippen LogP contribution >= 0.6 is 0 Å². The first-order valence-electron chi connectivity index (χ1n) is 5.57. The monoisotopic (exact) mass is 204 g/mol. The van der Waals surface area contributed by atoms with Gasteiger partial charge in [0, 0.05) is 18.3 Å². The minimum atomic E-state index is 0.618. The van der Waals surface area contributed by atoms with E-state index in [0.717, 1.165) is 5.75 Å². The molecule has 0 aliphatic carbocycles. The molecule has 1 atom stereocenters. The average Bonchev–Trinajstić information content (AvgIpc) is 2.30. The molecule has 0 bridgehead atoms. The van der Waals surface area contributed by atoms with Crippen LogP contribution in [0.25, 0.3) is 0 Å². The first-order valence-corrected chi connectivity index (χ1v) is 5.57. The highest BCUT2D eigenvalue weighted by Crippen LogP contribution is 2.28. The lowest BCUT2D eigenvalue weighted by Crippen LogP contribution is -2.33. The van der Waals surface area contributed by atoms with Crippen molar-refractivity contribution in [2.45, 2.75) is 32.2 Å². The Bertz CT molecular complexity index is 307. The second-order valence-electron chi connectivity index (χ2n) is 4.07. The zero-order valence-corrected chi connectivity index (χ0v) is 9.44. The van der Waals surface area contributed by atoms with Crippen LogP contribution in [0.2, 0.25) is 0 Å². The largest absolute Gasteiger partial charge is 0.497 e. The van der Waals surface area contributed by atoms with E-state index in [0.29, 0.717) is 6.04 Å². The Morgan fingerprint density at radius 1 is 1.27 bits per heavy atom. The molecule has 15 heavy (non-hydrogen) atoms. The Morgan fingerprint density at radius 3 is 2.60 bits per heavy atom. The van der Waals surface area contributed by atoms with Crippen LogP contribution in [0.3, 0.4) is 0 Å². The van der Waals surface area contributed by atoms with Crippen LogP contribution in [0.4, 0.5) is 5.69 Å². The molecule has 1 aromatic carbocycles. The maximum Gasteiger partial charge on any atom is 0.119 e. The molecule has 1 aliphatic rings. The van der Waals surface area contributed by atoms with Crippen molar-refractivity contribution >= 4 is 5.69 Å². The second kappa shape index (κ2) is 4.56. The van der Waals surface area contributed by atoms with Crippen LogP contribution in [-0.4, -0.2) is 13.2 Å². The van der Waals surface area contributed by atoms with E-state index in [2.05, 4.69) is 30.5 Å². The molecule has 1 aliphatic heterocycles. The summed E-state index contributed by atoms with van der Waals surface area (Å²) < 4.78 is 5.15. The number of anilines is 1. The fourth-order valence-electron chi connectivity index (χ4n) is 2.08. The van der Waals surface area contributed by atoms with Gasteiger partial charge in [0.25, 0.3) is 0 Å². The van der Waals surface area contributed by atoms with Crippen molar-refractivity contribution in [2.75, 3.05) is 12.0 Å². The van der Waals surface area contributed by atoms with Crippen molar-refractivity contribution < 1.29 is 4.74 Å². The highest BCUT2D eigenvalue weighted by molar-refractivity contribution is 5.51. The first-order chi connectivity index (χ1) is 7.31. The molecule has 1 aromatic rings. The Hall–Kier alpha value is -1.18. The number of hydrogen-bond donors (Lipinski definition) is 0. The Labute approximate surface area is 91.9 Å². The first kappa shape index (κ1) is 10.3. The van der Waals surface area contributed by atoms with E-state index in [1.165, 1.54) is 24.9 Å². The summed E-state index contributed by atoms with van der Waals surface area (Å²) >= 11 is 0. The molecular formula is C13H18NO. The fraction of sp³-hybridized carbons (Fsp3) is 0.462. The highest BCUT2D eigenvalue weighted by atomic mass is 16.5. The quantitative estimate of drug-likeness (QED) is 0.733. The number of methoxy groups -OCH3 is 1. The number of benzene rings is 1. The van der Waals surface area contributed by atoms with Gasteiger partial charge in [0.2, 0.25) is 0 Å². The number of rotatable bonds is 2. The fourth-order valence-corrected chi connectivity index (χ4v) is 2.08. The van der Waals surface area contributed by atoms with Gasteiger partial charge in [-0.25, -0.2) is 0 Å². The Morgan fingerprint density at radius 2 is 2.00 bits per heavy atom. The minimum Gasteiger partial charge on any atom is -0.497 e. The molecule has 2 heteroatoms. The van der Waals surface area contributed by atoms with Crippen molar-refractivity contribution in [1.82, 2.24) is 0 Å². The zero-order valence-electron chi connectivity index (χ0n) is 9.44. The number of nitrogens with zero attached hydrogens (tertiary/aromatic N) is 1. The maximum atomic E-state index is 5.15. The van der Waals surface area contributed by atoms with Gasteiger partial charge in [0.15, 0.2) is 0 Å². The molecule has 0 saturated carbocycles. The normalized spacial score (nSPS) is 21.5. The van der Waals surface area contributed by atoms with Crippen LogP contribution in [-0.2, 0) is 0 Å². The lowest BCUT2D eigenvalue weighted by molar-refractivity contribution is 0.414. The van der Waals surface area contributed by atoms with E-state index in [-0.39, 0.29) is 0 Å². The summed E-state index contributed by atoms with van der Waals surface area (Å²) in [4.78, 5) is 2.36. The standard InChI is InChI=1S/C13H18NO/c1-11-5-3-4-10-14(11)12-6-8-13(15-2)9-7-12/h6-11H,3-5H2,1-2H3/t11-/m0/s1. The molecule has 0 aromatic heterocycles. The van der Waals surface area contributed by atoms with Crippen molar-refractivity contribution in [3.63, 3.8) is 0 Å². The van der Waals surface area contributed by atoms with Crippen LogP contribution in [0.15, 0.2) is 24.3 Å². The minimum absolute atomic E-state index is 0.618. The molecule has 0 spiro atoms. The number of piperidine rings is 1. The Kier molecular flexibility index (Phi) is 3.14. The molecule has 1 radical (unpaired) electrons. The van der Waals surface area contributed by atoms with Gasteiger partial charge in [-0.2, -0.15) is 0 Å². The maximum absolute atomic E-state index is 5.15. The van der Waals surface area contributed by atoms with Crippen LogP contribution in [0.1, 0.15) is 26.2 Å². The van der Waals surface area contributed by atoms with Gasteiger partial charge in [-0.1, -0.05) is 0 Å². The van der Waals surface area contributed by atoms with Gasteiger partial charge in [-0.05, 0) is 50.5 Å². The van der Waals surface area contributed by atoms with E-state index in [4.69, 9.17) is 4.74 Å². The zero-order chi connectivity index (χ0) is 10.7. The number of hydrogen-bond acceptors (Lipinski definition) is 2.